The minimum atomic E-state index is -0.581. The van der Waals surface area contributed by atoms with Gasteiger partial charge in [0.2, 0.25) is 0 Å². The fourth-order valence-corrected chi connectivity index (χ4v) is 1.57. The summed E-state index contributed by atoms with van der Waals surface area (Å²) >= 11 is 0. The van der Waals surface area contributed by atoms with Gasteiger partial charge in [-0.05, 0) is 29.8 Å². The van der Waals surface area contributed by atoms with Crippen molar-refractivity contribution >= 4 is 11.4 Å². The first kappa shape index (κ1) is 11.4. The van der Waals surface area contributed by atoms with Crippen molar-refractivity contribution < 1.29 is 8.78 Å². The van der Waals surface area contributed by atoms with Crippen molar-refractivity contribution in [3.05, 3.63) is 59.7 Å². The predicted octanol–water partition coefficient (Wildman–Crippen LogP) is 3.16. The zero-order chi connectivity index (χ0) is 12.3. The van der Waals surface area contributed by atoms with Crippen molar-refractivity contribution in [3.8, 4) is 0 Å². The number of nitrogens with one attached hydrogen (secondary N) is 1. The molecule has 0 radical (unpaired) electrons. The van der Waals surface area contributed by atoms with Crippen molar-refractivity contribution in [2.24, 2.45) is 0 Å². The average Bonchev–Trinajstić information content (AvgIpc) is 2.27. The highest BCUT2D eigenvalue weighted by Gasteiger charge is 2.01. The molecule has 0 amide bonds. The van der Waals surface area contributed by atoms with Gasteiger partial charge in [0, 0.05) is 12.6 Å². The van der Waals surface area contributed by atoms with Gasteiger partial charge in [-0.15, -0.1) is 0 Å². The highest BCUT2D eigenvalue weighted by molar-refractivity contribution is 5.65. The summed E-state index contributed by atoms with van der Waals surface area (Å²) < 4.78 is 25.9. The Morgan fingerprint density at radius 2 is 1.65 bits per heavy atom. The first-order chi connectivity index (χ1) is 8.15. The number of anilines is 2. The number of nitrogens with two attached hydrogens (primary N) is 1. The molecule has 0 fully saturated rings. The van der Waals surface area contributed by atoms with Crippen molar-refractivity contribution in [2.75, 3.05) is 11.1 Å². The molecule has 0 saturated heterocycles. The Hall–Kier alpha value is -2.10. The van der Waals surface area contributed by atoms with Crippen LogP contribution < -0.4 is 11.1 Å². The van der Waals surface area contributed by atoms with E-state index in [4.69, 9.17) is 5.73 Å². The molecule has 17 heavy (non-hydrogen) atoms. The zero-order valence-corrected chi connectivity index (χ0v) is 9.08. The van der Waals surface area contributed by atoms with Crippen LogP contribution in [0.4, 0.5) is 20.2 Å². The smallest absolute Gasteiger partial charge is 0.126 e. The Kier molecular flexibility index (Phi) is 3.23. The maximum Gasteiger partial charge on any atom is 0.126 e. The largest absolute Gasteiger partial charge is 0.397 e. The lowest BCUT2D eigenvalue weighted by molar-refractivity contribution is 0.580. The van der Waals surface area contributed by atoms with Gasteiger partial charge in [0.25, 0.3) is 0 Å². The Morgan fingerprint density at radius 3 is 2.29 bits per heavy atom. The minimum Gasteiger partial charge on any atom is -0.397 e. The molecule has 0 unspecified atom stereocenters. The molecule has 88 valence electrons. The van der Waals surface area contributed by atoms with E-state index in [-0.39, 0.29) is 0 Å². The van der Waals surface area contributed by atoms with Crippen molar-refractivity contribution in [3.63, 3.8) is 0 Å². The number of hydrogen-bond acceptors (Lipinski definition) is 2. The molecule has 2 nitrogen and oxygen atoms in total. The number of halogens is 2. The molecule has 2 aromatic rings. The van der Waals surface area contributed by atoms with E-state index in [0.29, 0.717) is 17.8 Å². The molecule has 2 rings (SSSR count). The lowest BCUT2D eigenvalue weighted by Gasteiger charge is -2.09. The second-order valence-corrected chi connectivity index (χ2v) is 3.72. The van der Waals surface area contributed by atoms with Gasteiger partial charge in [-0.25, -0.2) is 8.78 Å². The normalized spacial score (nSPS) is 10.2. The minimum absolute atomic E-state index is 0.322. The molecule has 0 saturated carbocycles. The van der Waals surface area contributed by atoms with Crippen LogP contribution in [0, 0.1) is 11.6 Å². The SMILES string of the molecule is Nc1ccccc1NCc1cc(F)cc(F)c1. The number of hydrogen-bond donors (Lipinski definition) is 2. The third-order valence-corrected chi connectivity index (χ3v) is 2.37. The second kappa shape index (κ2) is 4.82. The average molecular weight is 234 g/mol. The maximum atomic E-state index is 12.9. The third kappa shape index (κ3) is 2.93. The van der Waals surface area contributed by atoms with E-state index in [0.717, 1.165) is 11.8 Å². The summed E-state index contributed by atoms with van der Waals surface area (Å²) in [6.07, 6.45) is 0. The zero-order valence-electron chi connectivity index (χ0n) is 9.08. The fraction of sp³-hybridized carbons (Fsp3) is 0.0769. The van der Waals surface area contributed by atoms with Gasteiger partial charge in [-0.2, -0.15) is 0 Å². The molecule has 0 aromatic heterocycles. The third-order valence-electron chi connectivity index (χ3n) is 2.37. The lowest BCUT2D eigenvalue weighted by atomic mass is 10.2. The summed E-state index contributed by atoms with van der Waals surface area (Å²) in [5.41, 5.74) is 7.62. The highest BCUT2D eigenvalue weighted by Crippen LogP contribution is 2.18. The molecule has 0 atom stereocenters. The van der Waals surface area contributed by atoms with Gasteiger partial charge in [0.15, 0.2) is 0 Å². The Morgan fingerprint density at radius 1 is 1.00 bits per heavy atom. The van der Waals surface area contributed by atoms with E-state index in [1.165, 1.54) is 12.1 Å². The van der Waals surface area contributed by atoms with E-state index >= 15 is 0 Å². The van der Waals surface area contributed by atoms with E-state index in [1.807, 2.05) is 18.2 Å². The summed E-state index contributed by atoms with van der Waals surface area (Å²) in [7, 11) is 0. The van der Waals surface area contributed by atoms with Gasteiger partial charge in [0.1, 0.15) is 11.6 Å². The van der Waals surface area contributed by atoms with E-state index in [2.05, 4.69) is 5.32 Å². The van der Waals surface area contributed by atoms with Crippen LogP contribution in [0.1, 0.15) is 5.56 Å². The number of nitrogen functional groups attached to an aromatic ring is 1. The van der Waals surface area contributed by atoms with Crippen LogP contribution in [-0.2, 0) is 6.54 Å². The summed E-state index contributed by atoms with van der Waals surface area (Å²) in [4.78, 5) is 0. The van der Waals surface area contributed by atoms with Crippen LogP contribution in [0.5, 0.6) is 0 Å². The molecule has 0 spiro atoms. The van der Waals surface area contributed by atoms with Crippen LogP contribution in [0.25, 0.3) is 0 Å². The summed E-state index contributed by atoms with van der Waals surface area (Å²) in [6.45, 7) is 0.322. The van der Waals surface area contributed by atoms with Crippen molar-refractivity contribution in [2.45, 2.75) is 6.54 Å². The molecule has 0 bridgehead atoms. The summed E-state index contributed by atoms with van der Waals surface area (Å²) in [5.74, 6) is -1.16. The lowest BCUT2D eigenvalue weighted by Crippen LogP contribution is -2.03. The fourth-order valence-electron chi connectivity index (χ4n) is 1.57. The highest BCUT2D eigenvalue weighted by atomic mass is 19.1. The van der Waals surface area contributed by atoms with Gasteiger partial charge >= 0.3 is 0 Å². The van der Waals surface area contributed by atoms with Crippen LogP contribution in [0.15, 0.2) is 42.5 Å². The van der Waals surface area contributed by atoms with Crippen molar-refractivity contribution in [1.82, 2.24) is 0 Å². The van der Waals surface area contributed by atoms with Gasteiger partial charge in [0.05, 0.1) is 11.4 Å². The monoisotopic (exact) mass is 234 g/mol. The molecular formula is C13H12F2N2. The predicted molar refractivity (Wildman–Crippen MR) is 64.5 cm³/mol. The molecule has 0 aliphatic rings. The topological polar surface area (TPSA) is 38.0 Å². The van der Waals surface area contributed by atoms with Crippen LogP contribution in [0.3, 0.4) is 0 Å². The molecule has 0 heterocycles. The number of para-hydroxylation sites is 2. The second-order valence-electron chi connectivity index (χ2n) is 3.72. The first-order valence-electron chi connectivity index (χ1n) is 5.18. The molecule has 4 heteroatoms. The van der Waals surface area contributed by atoms with Gasteiger partial charge < -0.3 is 11.1 Å². The first-order valence-corrected chi connectivity index (χ1v) is 5.18. The van der Waals surface area contributed by atoms with E-state index in [1.54, 1.807) is 6.07 Å². The van der Waals surface area contributed by atoms with Crippen LogP contribution >= 0.6 is 0 Å². The van der Waals surface area contributed by atoms with Gasteiger partial charge in [-0.3, -0.25) is 0 Å². The Balaban J connectivity index is 2.10. The Labute approximate surface area is 98.1 Å². The molecule has 0 aliphatic carbocycles. The maximum absolute atomic E-state index is 12.9. The molecule has 2 aromatic carbocycles. The summed E-state index contributed by atoms with van der Waals surface area (Å²) in [6, 6.07) is 10.7. The summed E-state index contributed by atoms with van der Waals surface area (Å²) in [5, 5.41) is 3.03. The number of rotatable bonds is 3. The molecular weight excluding hydrogens is 222 g/mol. The number of benzene rings is 2. The van der Waals surface area contributed by atoms with E-state index < -0.39 is 11.6 Å². The molecule has 0 aliphatic heterocycles. The Bertz CT molecular complexity index is 506. The van der Waals surface area contributed by atoms with E-state index in [9.17, 15) is 8.78 Å². The van der Waals surface area contributed by atoms with Crippen LogP contribution in [0.2, 0.25) is 0 Å². The standard InChI is InChI=1S/C13H12F2N2/c14-10-5-9(6-11(15)7-10)8-17-13-4-2-1-3-12(13)16/h1-7,17H,8,16H2. The quantitative estimate of drug-likeness (QED) is 0.800. The van der Waals surface area contributed by atoms with Crippen LogP contribution in [-0.4, -0.2) is 0 Å². The van der Waals surface area contributed by atoms with Crippen molar-refractivity contribution in [1.29, 1.82) is 0 Å². The van der Waals surface area contributed by atoms with Gasteiger partial charge in [-0.1, -0.05) is 12.1 Å². The molecule has 3 N–H and O–H groups in total.